The van der Waals surface area contributed by atoms with Crippen molar-refractivity contribution in [2.45, 2.75) is 19.6 Å². The lowest BCUT2D eigenvalue weighted by molar-refractivity contribution is 0.181. The van der Waals surface area contributed by atoms with Crippen LogP contribution in [0.2, 0.25) is 5.02 Å². The Hall–Kier alpha value is -3.62. The topological polar surface area (TPSA) is 87.2 Å². The van der Waals surface area contributed by atoms with E-state index in [-0.39, 0.29) is 17.7 Å². The molecule has 0 aliphatic rings. The molecule has 3 heterocycles. The Labute approximate surface area is 188 Å². The maximum absolute atomic E-state index is 13.1. The molecule has 0 atom stereocenters. The molecule has 5 rings (SSSR count). The fourth-order valence-corrected chi connectivity index (χ4v) is 3.83. The number of rotatable bonds is 6. The van der Waals surface area contributed by atoms with Crippen LogP contribution in [0.5, 0.6) is 0 Å². The molecule has 0 radical (unpaired) electrons. The van der Waals surface area contributed by atoms with Gasteiger partial charge in [-0.05, 0) is 29.7 Å². The van der Waals surface area contributed by atoms with Gasteiger partial charge < -0.3 is 4.74 Å². The predicted molar refractivity (Wildman–Crippen MR) is 122 cm³/mol. The smallest absolute Gasteiger partial charge is 0.283 e. The van der Waals surface area contributed by atoms with Crippen LogP contribution in [0.15, 0.2) is 65.7 Å². The number of nitrogens with zero attached hydrogens (tertiary/aromatic N) is 6. The molecule has 2 aromatic carbocycles. The lowest BCUT2D eigenvalue weighted by Gasteiger charge is -2.07. The summed E-state index contributed by atoms with van der Waals surface area (Å²) in [5.74, 6) is 0. The van der Waals surface area contributed by atoms with E-state index in [4.69, 9.17) is 16.3 Å². The first-order chi connectivity index (χ1) is 15.7. The highest BCUT2D eigenvalue weighted by Gasteiger charge is 2.20. The van der Waals surface area contributed by atoms with Gasteiger partial charge in [0.2, 0.25) is 0 Å². The summed E-state index contributed by atoms with van der Waals surface area (Å²) in [6.45, 7) is 0.770. The SMILES string of the molecule is COCc1nn2c(nnc3c(=O)n(CCc4ccccc4)cnc32)c1-c1ccc(Cl)cc1. The van der Waals surface area contributed by atoms with Crippen molar-refractivity contribution in [3.05, 3.63) is 87.6 Å². The summed E-state index contributed by atoms with van der Waals surface area (Å²) >= 11 is 6.05. The molecular formula is C23H19ClN6O2. The number of hydrogen-bond donors (Lipinski definition) is 0. The minimum atomic E-state index is -0.253. The summed E-state index contributed by atoms with van der Waals surface area (Å²) in [7, 11) is 1.60. The largest absolute Gasteiger partial charge is 0.378 e. The van der Waals surface area contributed by atoms with Crippen LogP contribution >= 0.6 is 11.6 Å². The molecule has 5 aromatic rings. The second-order valence-corrected chi connectivity index (χ2v) is 7.78. The van der Waals surface area contributed by atoms with Crippen molar-refractivity contribution in [2.24, 2.45) is 0 Å². The number of hydrogen-bond acceptors (Lipinski definition) is 6. The van der Waals surface area contributed by atoms with Gasteiger partial charge in [0.05, 0.1) is 17.9 Å². The number of aryl methyl sites for hydroxylation is 2. The maximum Gasteiger partial charge on any atom is 0.283 e. The number of methoxy groups -OCH3 is 1. The average molecular weight is 447 g/mol. The van der Waals surface area contributed by atoms with Gasteiger partial charge in [0, 0.05) is 18.7 Å². The summed E-state index contributed by atoms with van der Waals surface area (Å²) in [5.41, 5.74) is 4.24. The van der Waals surface area contributed by atoms with E-state index in [1.54, 1.807) is 28.3 Å². The highest BCUT2D eigenvalue weighted by molar-refractivity contribution is 6.30. The van der Waals surface area contributed by atoms with Crippen molar-refractivity contribution >= 4 is 28.4 Å². The van der Waals surface area contributed by atoms with Gasteiger partial charge in [0.1, 0.15) is 6.33 Å². The van der Waals surface area contributed by atoms with Gasteiger partial charge in [-0.25, -0.2) is 4.98 Å². The Kier molecular flexibility index (Phi) is 5.38. The first kappa shape index (κ1) is 20.3. The van der Waals surface area contributed by atoms with Gasteiger partial charge in [-0.3, -0.25) is 9.36 Å². The Bertz CT molecular complexity index is 1460. The van der Waals surface area contributed by atoms with E-state index < -0.39 is 0 Å². The zero-order valence-electron chi connectivity index (χ0n) is 17.3. The first-order valence-electron chi connectivity index (χ1n) is 10.1. The van der Waals surface area contributed by atoms with Crippen LogP contribution in [0.3, 0.4) is 0 Å². The fourth-order valence-electron chi connectivity index (χ4n) is 3.71. The third-order valence-electron chi connectivity index (χ3n) is 5.27. The number of benzene rings is 2. The van der Waals surface area contributed by atoms with Crippen LogP contribution in [0.1, 0.15) is 11.3 Å². The summed E-state index contributed by atoms with van der Waals surface area (Å²) in [5, 5.41) is 13.8. The van der Waals surface area contributed by atoms with E-state index in [0.717, 1.165) is 16.7 Å². The Morgan fingerprint density at radius 2 is 1.78 bits per heavy atom. The number of ether oxygens (including phenoxy) is 1. The van der Waals surface area contributed by atoms with Gasteiger partial charge in [0.25, 0.3) is 5.56 Å². The third kappa shape index (κ3) is 3.63. The minimum Gasteiger partial charge on any atom is -0.378 e. The van der Waals surface area contributed by atoms with Crippen LogP contribution in [0.25, 0.3) is 27.9 Å². The van der Waals surface area contributed by atoms with Crippen molar-refractivity contribution < 1.29 is 4.74 Å². The molecule has 0 bridgehead atoms. The first-order valence-corrected chi connectivity index (χ1v) is 10.5. The zero-order chi connectivity index (χ0) is 22.1. The fraction of sp³-hybridized carbons (Fsp3) is 0.174. The highest BCUT2D eigenvalue weighted by Crippen LogP contribution is 2.29. The standard InChI is InChI=1S/C23H19ClN6O2/c1-32-13-18-19(16-7-9-17(24)10-8-16)21-27-26-20-22(30(21)28-18)25-14-29(23(20)31)12-11-15-5-3-2-4-6-15/h2-10,14H,11-13H2,1H3. The lowest BCUT2D eigenvalue weighted by Crippen LogP contribution is -2.23. The number of aromatic nitrogens is 6. The number of halogens is 1. The van der Waals surface area contributed by atoms with E-state index in [9.17, 15) is 4.79 Å². The second-order valence-electron chi connectivity index (χ2n) is 7.35. The van der Waals surface area contributed by atoms with Crippen LogP contribution in [-0.4, -0.2) is 36.5 Å². The maximum atomic E-state index is 13.1. The van der Waals surface area contributed by atoms with Gasteiger partial charge in [-0.1, -0.05) is 54.1 Å². The lowest BCUT2D eigenvalue weighted by atomic mass is 10.1. The van der Waals surface area contributed by atoms with E-state index in [2.05, 4.69) is 20.3 Å². The molecule has 0 aliphatic carbocycles. The molecule has 0 saturated heterocycles. The molecule has 0 saturated carbocycles. The Morgan fingerprint density at radius 1 is 1.00 bits per heavy atom. The van der Waals surface area contributed by atoms with Crippen molar-refractivity contribution in [2.75, 3.05) is 7.11 Å². The molecule has 0 N–H and O–H groups in total. The summed E-state index contributed by atoms with van der Waals surface area (Å²) in [4.78, 5) is 17.6. The van der Waals surface area contributed by atoms with E-state index in [1.165, 1.54) is 6.33 Å². The summed E-state index contributed by atoms with van der Waals surface area (Å²) in [6, 6.07) is 17.4. The summed E-state index contributed by atoms with van der Waals surface area (Å²) in [6.07, 6.45) is 2.25. The number of fused-ring (bicyclic) bond motifs is 3. The van der Waals surface area contributed by atoms with Gasteiger partial charge in [-0.15, -0.1) is 10.2 Å². The monoisotopic (exact) mass is 446 g/mol. The molecule has 0 unspecified atom stereocenters. The van der Waals surface area contributed by atoms with Crippen molar-refractivity contribution in [1.82, 2.24) is 29.4 Å². The normalized spacial score (nSPS) is 11.4. The van der Waals surface area contributed by atoms with Crippen LogP contribution < -0.4 is 5.56 Å². The zero-order valence-corrected chi connectivity index (χ0v) is 18.0. The van der Waals surface area contributed by atoms with E-state index in [0.29, 0.717) is 35.0 Å². The Balaban J connectivity index is 1.61. The highest BCUT2D eigenvalue weighted by atomic mass is 35.5. The van der Waals surface area contributed by atoms with Crippen molar-refractivity contribution in [3.8, 4) is 11.1 Å². The third-order valence-corrected chi connectivity index (χ3v) is 5.52. The second kappa shape index (κ2) is 8.49. The van der Waals surface area contributed by atoms with Gasteiger partial charge in [-0.2, -0.15) is 9.61 Å². The molecular weight excluding hydrogens is 428 g/mol. The van der Waals surface area contributed by atoms with Gasteiger partial charge in [0.15, 0.2) is 16.8 Å². The Morgan fingerprint density at radius 3 is 2.53 bits per heavy atom. The average Bonchev–Trinajstić information content (AvgIpc) is 3.18. The van der Waals surface area contributed by atoms with Crippen molar-refractivity contribution in [3.63, 3.8) is 0 Å². The van der Waals surface area contributed by atoms with E-state index >= 15 is 0 Å². The van der Waals surface area contributed by atoms with Crippen LogP contribution in [-0.2, 0) is 24.3 Å². The van der Waals surface area contributed by atoms with Gasteiger partial charge >= 0.3 is 0 Å². The molecule has 0 aliphatic heterocycles. The van der Waals surface area contributed by atoms with Crippen molar-refractivity contribution in [1.29, 1.82) is 0 Å². The molecule has 0 spiro atoms. The predicted octanol–water partition coefficient (Wildman–Crippen LogP) is 3.54. The molecule has 32 heavy (non-hydrogen) atoms. The molecule has 3 aromatic heterocycles. The quantitative estimate of drug-likeness (QED) is 0.396. The van der Waals surface area contributed by atoms with E-state index in [1.807, 2.05) is 42.5 Å². The molecule has 0 fully saturated rings. The molecule has 160 valence electrons. The molecule has 9 heteroatoms. The van der Waals surface area contributed by atoms with Crippen LogP contribution in [0, 0.1) is 0 Å². The minimum absolute atomic E-state index is 0.169. The summed E-state index contributed by atoms with van der Waals surface area (Å²) < 4.78 is 8.45. The van der Waals surface area contributed by atoms with Crippen LogP contribution in [0.4, 0.5) is 0 Å². The molecule has 8 nitrogen and oxygen atoms in total. The molecule has 0 amide bonds.